The molecule has 1 rings (SSSR count). The second-order valence-electron chi connectivity index (χ2n) is 3.68. The van der Waals surface area contributed by atoms with E-state index in [1.807, 2.05) is 36.0 Å². The number of hydrogen-bond acceptors (Lipinski definition) is 3. The van der Waals surface area contributed by atoms with E-state index in [9.17, 15) is 4.79 Å². The number of rotatable bonds is 7. The quantitative estimate of drug-likeness (QED) is 0.264. The zero-order valence-corrected chi connectivity index (χ0v) is 11.2. The van der Waals surface area contributed by atoms with Gasteiger partial charge in [0.25, 0.3) is 0 Å². The summed E-state index contributed by atoms with van der Waals surface area (Å²) >= 11 is 7.61. The van der Waals surface area contributed by atoms with E-state index in [1.54, 1.807) is 0 Å². The molecule has 0 unspecified atom stereocenters. The van der Waals surface area contributed by atoms with Crippen molar-refractivity contribution in [3.05, 3.63) is 29.3 Å². The summed E-state index contributed by atoms with van der Waals surface area (Å²) in [7, 11) is 0. The number of thioether (sulfide) groups is 1. The third-order valence-corrected chi connectivity index (χ3v) is 3.64. The van der Waals surface area contributed by atoms with Crippen LogP contribution in [0.25, 0.3) is 0 Å². The van der Waals surface area contributed by atoms with Crippen LogP contribution >= 0.6 is 23.4 Å². The van der Waals surface area contributed by atoms with Gasteiger partial charge in [-0.2, -0.15) is 0 Å². The van der Waals surface area contributed by atoms with Crippen LogP contribution in [0.5, 0.6) is 0 Å². The molecule has 1 aromatic rings. The van der Waals surface area contributed by atoms with E-state index in [0.29, 0.717) is 6.42 Å². The average molecular weight is 273 g/mol. The predicted molar refractivity (Wildman–Crippen MR) is 73.0 cm³/mol. The van der Waals surface area contributed by atoms with Crippen LogP contribution in [0.15, 0.2) is 29.2 Å². The maximum Gasteiger partial charge on any atom is 0.233 e. The van der Waals surface area contributed by atoms with Crippen molar-refractivity contribution in [2.75, 3.05) is 5.75 Å². The fourth-order valence-electron chi connectivity index (χ4n) is 1.36. The fourth-order valence-corrected chi connectivity index (χ4v) is 2.40. The summed E-state index contributed by atoms with van der Waals surface area (Å²) in [6, 6.07) is 7.84. The van der Waals surface area contributed by atoms with Gasteiger partial charge >= 0.3 is 0 Å². The first-order chi connectivity index (χ1) is 8.22. The van der Waals surface area contributed by atoms with Gasteiger partial charge < -0.3 is 0 Å². The highest BCUT2D eigenvalue weighted by molar-refractivity contribution is 7.99. The first kappa shape index (κ1) is 14.4. The van der Waals surface area contributed by atoms with Gasteiger partial charge in [-0.3, -0.25) is 10.2 Å². The lowest BCUT2D eigenvalue weighted by Crippen LogP contribution is -2.29. The monoisotopic (exact) mass is 272 g/mol. The highest BCUT2D eigenvalue weighted by Crippen LogP contribution is 2.21. The van der Waals surface area contributed by atoms with Crippen LogP contribution in [-0.2, 0) is 4.79 Å². The summed E-state index contributed by atoms with van der Waals surface area (Å²) in [6.45, 7) is 0. The summed E-state index contributed by atoms with van der Waals surface area (Å²) in [4.78, 5) is 12.1. The minimum Gasteiger partial charge on any atom is -0.294 e. The number of hydrazine groups is 1. The van der Waals surface area contributed by atoms with Gasteiger partial charge in [0.2, 0.25) is 5.91 Å². The Balaban J connectivity index is 2.04. The van der Waals surface area contributed by atoms with Crippen molar-refractivity contribution in [1.82, 2.24) is 5.43 Å². The van der Waals surface area contributed by atoms with Crippen molar-refractivity contribution in [2.24, 2.45) is 5.84 Å². The summed E-state index contributed by atoms with van der Waals surface area (Å²) in [5.74, 6) is 5.96. The zero-order valence-electron chi connectivity index (χ0n) is 9.62. The molecule has 3 nitrogen and oxygen atoms in total. The molecule has 0 heterocycles. The zero-order chi connectivity index (χ0) is 12.5. The molecule has 17 heavy (non-hydrogen) atoms. The van der Waals surface area contributed by atoms with Gasteiger partial charge in [-0.05, 0) is 42.9 Å². The lowest BCUT2D eigenvalue weighted by molar-refractivity contribution is -0.121. The van der Waals surface area contributed by atoms with E-state index < -0.39 is 0 Å². The van der Waals surface area contributed by atoms with Crippen LogP contribution in [-0.4, -0.2) is 11.7 Å². The molecule has 0 aliphatic rings. The smallest absolute Gasteiger partial charge is 0.233 e. The second kappa shape index (κ2) is 8.39. The number of carbonyl (C=O) groups excluding carboxylic acids is 1. The van der Waals surface area contributed by atoms with Gasteiger partial charge in [0.1, 0.15) is 0 Å². The Labute approximate surface area is 111 Å². The molecule has 0 aliphatic heterocycles. The molecule has 0 saturated carbocycles. The van der Waals surface area contributed by atoms with Crippen LogP contribution in [0.4, 0.5) is 0 Å². The van der Waals surface area contributed by atoms with Crippen molar-refractivity contribution >= 4 is 29.3 Å². The summed E-state index contributed by atoms with van der Waals surface area (Å²) in [5, 5.41) is 0.766. The van der Waals surface area contributed by atoms with Crippen LogP contribution in [0, 0.1) is 0 Å². The van der Waals surface area contributed by atoms with Crippen LogP contribution in [0.2, 0.25) is 5.02 Å². The van der Waals surface area contributed by atoms with Crippen LogP contribution < -0.4 is 11.3 Å². The highest BCUT2D eigenvalue weighted by atomic mass is 35.5. The molecule has 0 radical (unpaired) electrons. The first-order valence-electron chi connectivity index (χ1n) is 5.60. The second-order valence-corrected chi connectivity index (χ2v) is 5.29. The van der Waals surface area contributed by atoms with E-state index in [-0.39, 0.29) is 5.91 Å². The minimum absolute atomic E-state index is 0.0876. The number of nitrogens with one attached hydrogen (secondary N) is 1. The molecule has 94 valence electrons. The number of nitrogens with two attached hydrogens (primary N) is 1. The lowest BCUT2D eigenvalue weighted by atomic mass is 10.2. The Hall–Kier alpha value is -0.710. The van der Waals surface area contributed by atoms with E-state index >= 15 is 0 Å². The van der Waals surface area contributed by atoms with Gasteiger partial charge in [0, 0.05) is 16.3 Å². The Morgan fingerprint density at radius 3 is 2.59 bits per heavy atom. The van der Waals surface area contributed by atoms with Crippen molar-refractivity contribution in [3.8, 4) is 0 Å². The molecular weight excluding hydrogens is 256 g/mol. The molecular formula is C12H17ClN2OS. The standard InChI is InChI=1S/C12H17ClN2OS/c13-10-5-7-11(8-6-10)17-9-3-1-2-4-12(16)15-14/h5-8H,1-4,9,14H2,(H,15,16). The summed E-state index contributed by atoms with van der Waals surface area (Å²) in [5.41, 5.74) is 2.13. The van der Waals surface area contributed by atoms with Crippen LogP contribution in [0.3, 0.4) is 0 Å². The Bertz CT molecular complexity index is 343. The number of carbonyl (C=O) groups is 1. The molecule has 0 bridgehead atoms. The van der Waals surface area contributed by atoms with E-state index in [0.717, 1.165) is 30.0 Å². The van der Waals surface area contributed by atoms with Gasteiger partial charge in [0.05, 0.1) is 0 Å². The SMILES string of the molecule is NNC(=O)CCCCCSc1ccc(Cl)cc1. The maximum atomic E-state index is 10.8. The van der Waals surface area contributed by atoms with E-state index in [4.69, 9.17) is 17.4 Å². The Morgan fingerprint density at radius 2 is 1.94 bits per heavy atom. The molecule has 0 saturated heterocycles. The highest BCUT2D eigenvalue weighted by Gasteiger charge is 1.98. The predicted octanol–water partition coefficient (Wildman–Crippen LogP) is 2.98. The fraction of sp³-hybridized carbons (Fsp3) is 0.417. The molecule has 0 spiro atoms. The topological polar surface area (TPSA) is 55.1 Å². The van der Waals surface area contributed by atoms with E-state index in [1.165, 1.54) is 4.90 Å². The molecule has 0 fully saturated rings. The average Bonchev–Trinajstić information content (AvgIpc) is 2.35. The van der Waals surface area contributed by atoms with Crippen molar-refractivity contribution in [1.29, 1.82) is 0 Å². The molecule has 0 atom stereocenters. The minimum atomic E-state index is -0.0876. The third-order valence-electron chi connectivity index (χ3n) is 2.29. The first-order valence-corrected chi connectivity index (χ1v) is 6.96. The van der Waals surface area contributed by atoms with Gasteiger partial charge in [-0.25, -0.2) is 5.84 Å². The summed E-state index contributed by atoms with van der Waals surface area (Å²) < 4.78 is 0. The van der Waals surface area contributed by atoms with Crippen molar-refractivity contribution in [3.63, 3.8) is 0 Å². The van der Waals surface area contributed by atoms with Gasteiger partial charge in [-0.15, -0.1) is 11.8 Å². The molecule has 5 heteroatoms. The van der Waals surface area contributed by atoms with E-state index in [2.05, 4.69) is 5.43 Å². The number of unbranched alkanes of at least 4 members (excludes halogenated alkanes) is 2. The maximum absolute atomic E-state index is 10.8. The van der Waals surface area contributed by atoms with Crippen molar-refractivity contribution in [2.45, 2.75) is 30.6 Å². The van der Waals surface area contributed by atoms with Gasteiger partial charge in [-0.1, -0.05) is 18.0 Å². The van der Waals surface area contributed by atoms with Gasteiger partial charge in [0.15, 0.2) is 0 Å². The Kier molecular flexibility index (Phi) is 7.08. The summed E-state index contributed by atoms with van der Waals surface area (Å²) in [6.07, 6.45) is 3.56. The number of halogens is 1. The number of hydrogen-bond donors (Lipinski definition) is 2. The normalized spacial score (nSPS) is 10.2. The van der Waals surface area contributed by atoms with Crippen LogP contribution in [0.1, 0.15) is 25.7 Å². The molecule has 1 amide bonds. The Morgan fingerprint density at radius 1 is 1.24 bits per heavy atom. The largest absolute Gasteiger partial charge is 0.294 e. The lowest BCUT2D eigenvalue weighted by Gasteiger charge is -2.02. The molecule has 1 aromatic carbocycles. The molecule has 0 aliphatic carbocycles. The number of amides is 1. The van der Waals surface area contributed by atoms with Crippen molar-refractivity contribution < 1.29 is 4.79 Å². The number of benzene rings is 1. The molecule has 3 N–H and O–H groups in total. The third kappa shape index (κ3) is 6.56. The molecule has 0 aromatic heterocycles.